The summed E-state index contributed by atoms with van der Waals surface area (Å²) in [6.07, 6.45) is 0.702. The maximum Gasteiger partial charge on any atom is 0.264 e. The second-order valence-corrected chi connectivity index (χ2v) is 11.4. The zero-order chi connectivity index (χ0) is 24.2. The summed E-state index contributed by atoms with van der Waals surface area (Å²) in [6.45, 7) is 11.9. The fraction of sp³-hybridized carbons (Fsp3) is 0.458. The molecule has 2 aromatic rings. The van der Waals surface area contributed by atoms with Gasteiger partial charge in [-0.2, -0.15) is 0 Å². The molecule has 0 aliphatic rings. The molecule has 2 aromatic carbocycles. The first-order chi connectivity index (χ1) is 14.7. The molecule has 0 aliphatic heterocycles. The highest BCUT2D eigenvalue weighted by Gasteiger charge is 2.31. The van der Waals surface area contributed by atoms with Crippen LogP contribution in [-0.2, 0) is 14.8 Å². The van der Waals surface area contributed by atoms with E-state index in [1.165, 1.54) is 24.3 Å². The summed E-state index contributed by atoms with van der Waals surface area (Å²) < 4.78 is 46.7. The average molecular weight is 465 g/mol. The van der Waals surface area contributed by atoms with Crippen LogP contribution in [0.2, 0.25) is 0 Å². The Morgan fingerprint density at radius 1 is 1.00 bits per heavy atom. The number of rotatable bonds is 9. The molecule has 0 atom stereocenters. The zero-order valence-corrected chi connectivity index (χ0v) is 20.4. The molecule has 1 amide bonds. The van der Waals surface area contributed by atoms with Crippen LogP contribution in [0, 0.1) is 11.2 Å². The molecule has 0 saturated carbocycles. The van der Waals surface area contributed by atoms with E-state index in [4.69, 9.17) is 4.74 Å². The van der Waals surface area contributed by atoms with Crippen molar-refractivity contribution in [1.29, 1.82) is 0 Å². The van der Waals surface area contributed by atoms with Gasteiger partial charge in [0, 0.05) is 5.54 Å². The Hall–Kier alpha value is -2.61. The van der Waals surface area contributed by atoms with Gasteiger partial charge >= 0.3 is 0 Å². The summed E-state index contributed by atoms with van der Waals surface area (Å²) in [4.78, 5) is 12.9. The normalized spacial score (nSPS) is 12.3. The number of amides is 1. The molecular weight excluding hydrogens is 431 g/mol. The molecule has 0 unspecified atom stereocenters. The van der Waals surface area contributed by atoms with E-state index in [1.54, 1.807) is 12.1 Å². The number of hydrogen-bond donors (Lipinski definition) is 1. The van der Waals surface area contributed by atoms with E-state index in [1.807, 2.05) is 20.8 Å². The lowest BCUT2D eigenvalue weighted by Gasteiger charge is -2.34. The van der Waals surface area contributed by atoms with Gasteiger partial charge in [0.15, 0.2) is 0 Å². The SMILES string of the molecule is CCOc1ccc(S(=O)(=O)N(CC(=O)NC(C)(C)CC(C)(C)C)c2ccc(F)cc2)cc1. The third-order valence-electron chi connectivity index (χ3n) is 4.57. The molecule has 6 nitrogen and oxygen atoms in total. The first-order valence-electron chi connectivity index (χ1n) is 10.6. The Labute approximate surface area is 190 Å². The van der Waals surface area contributed by atoms with Crippen LogP contribution in [0.25, 0.3) is 0 Å². The van der Waals surface area contributed by atoms with Gasteiger partial charge in [-0.05, 0) is 81.1 Å². The third kappa shape index (κ3) is 7.22. The van der Waals surface area contributed by atoms with Crippen molar-refractivity contribution in [3.05, 3.63) is 54.3 Å². The molecule has 176 valence electrons. The molecule has 1 N–H and O–H groups in total. The smallest absolute Gasteiger partial charge is 0.264 e. The van der Waals surface area contributed by atoms with Gasteiger partial charge in [0.05, 0.1) is 17.2 Å². The number of nitrogens with zero attached hydrogens (tertiary/aromatic N) is 1. The highest BCUT2D eigenvalue weighted by atomic mass is 32.2. The van der Waals surface area contributed by atoms with Crippen molar-refractivity contribution in [2.24, 2.45) is 5.41 Å². The van der Waals surface area contributed by atoms with Crippen LogP contribution in [-0.4, -0.2) is 33.0 Å². The summed E-state index contributed by atoms with van der Waals surface area (Å²) in [5.41, 5.74) is -0.363. The fourth-order valence-corrected chi connectivity index (χ4v) is 5.26. The minimum absolute atomic E-state index is 0.00651. The number of sulfonamides is 1. The Kier molecular flexibility index (Phi) is 7.93. The van der Waals surface area contributed by atoms with Crippen molar-refractivity contribution >= 4 is 21.6 Å². The molecule has 2 rings (SSSR count). The van der Waals surface area contributed by atoms with Crippen LogP contribution in [0.3, 0.4) is 0 Å². The van der Waals surface area contributed by atoms with Crippen molar-refractivity contribution < 1.29 is 22.3 Å². The summed E-state index contributed by atoms with van der Waals surface area (Å²) in [5, 5.41) is 2.93. The third-order valence-corrected chi connectivity index (χ3v) is 6.36. The van der Waals surface area contributed by atoms with Crippen molar-refractivity contribution in [3.8, 4) is 5.75 Å². The molecule has 0 radical (unpaired) electrons. The molecule has 0 saturated heterocycles. The average Bonchev–Trinajstić information content (AvgIpc) is 2.65. The minimum atomic E-state index is -4.09. The van der Waals surface area contributed by atoms with Gasteiger partial charge in [-0.25, -0.2) is 12.8 Å². The van der Waals surface area contributed by atoms with Crippen LogP contribution in [0.1, 0.15) is 48.0 Å². The molecule has 0 aliphatic carbocycles. The van der Waals surface area contributed by atoms with Crippen molar-refractivity contribution in [2.45, 2.75) is 58.4 Å². The maximum absolute atomic E-state index is 13.5. The molecule has 0 heterocycles. The quantitative estimate of drug-likeness (QED) is 0.581. The zero-order valence-electron chi connectivity index (χ0n) is 19.6. The predicted molar refractivity (Wildman–Crippen MR) is 125 cm³/mol. The lowest BCUT2D eigenvalue weighted by molar-refractivity contribution is -0.121. The Bertz CT molecular complexity index is 1010. The van der Waals surface area contributed by atoms with Gasteiger partial charge < -0.3 is 10.1 Å². The van der Waals surface area contributed by atoms with Crippen molar-refractivity contribution in [2.75, 3.05) is 17.5 Å². The molecule has 0 spiro atoms. The number of anilines is 1. The minimum Gasteiger partial charge on any atom is -0.494 e. The molecule has 0 bridgehead atoms. The first-order valence-corrected chi connectivity index (χ1v) is 12.0. The summed E-state index contributed by atoms with van der Waals surface area (Å²) in [7, 11) is -4.09. The monoisotopic (exact) mass is 464 g/mol. The van der Waals surface area contributed by atoms with Crippen LogP contribution in [0.15, 0.2) is 53.4 Å². The number of carbonyl (C=O) groups excluding carboxylic acids is 1. The van der Waals surface area contributed by atoms with Crippen molar-refractivity contribution in [1.82, 2.24) is 5.32 Å². The van der Waals surface area contributed by atoms with Crippen molar-refractivity contribution in [3.63, 3.8) is 0 Å². The van der Waals surface area contributed by atoms with Gasteiger partial charge in [-0.1, -0.05) is 20.8 Å². The summed E-state index contributed by atoms with van der Waals surface area (Å²) in [5.74, 6) is -0.400. The number of nitrogens with one attached hydrogen (secondary N) is 1. The Morgan fingerprint density at radius 2 is 1.56 bits per heavy atom. The van der Waals surface area contributed by atoms with Gasteiger partial charge in [0.2, 0.25) is 5.91 Å². The second kappa shape index (κ2) is 9.90. The number of carbonyl (C=O) groups is 1. The fourth-order valence-electron chi connectivity index (χ4n) is 3.84. The van der Waals surface area contributed by atoms with E-state index in [9.17, 15) is 17.6 Å². The molecule has 32 heavy (non-hydrogen) atoms. The second-order valence-electron chi connectivity index (χ2n) is 9.56. The van der Waals surface area contributed by atoms with E-state index >= 15 is 0 Å². The lowest BCUT2D eigenvalue weighted by atomic mass is 9.82. The summed E-state index contributed by atoms with van der Waals surface area (Å²) in [6, 6.07) is 11.0. The molecule has 0 aromatic heterocycles. The van der Waals surface area contributed by atoms with Crippen LogP contribution in [0.4, 0.5) is 10.1 Å². The maximum atomic E-state index is 13.5. The van der Waals surface area contributed by atoms with Gasteiger partial charge in [0.25, 0.3) is 10.0 Å². The van der Waals surface area contributed by atoms with E-state index < -0.39 is 33.8 Å². The van der Waals surface area contributed by atoms with E-state index in [0.29, 0.717) is 18.8 Å². The number of hydrogen-bond acceptors (Lipinski definition) is 4. The summed E-state index contributed by atoms with van der Waals surface area (Å²) >= 11 is 0. The molecule has 0 fully saturated rings. The predicted octanol–water partition coefficient (Wildman–Crippen LogP) is 4.75. The van der Waals surface area contributed by atoms with E-state index in [0.717, 1.165) is 16.4 Å². The van der Waals surface area contributed by atoms with Crippen LogP contribution < -0.4 is 14.4 Å². The topological polar surface area (TPSA) is 75.7 Å². The molecule has 8 heteroatoms. The van der Waals surface area contributed by atoms with Gasteiger partial charge in [0.1, 0.15) is 18.1 Å². The number of benzene rings is 2. The number of halogens is 1. The molecular formula is C24H33FN2O4S. The van der Waals surface area contributed by atoms with Gasteiger partial charge in [-0.3, -0.25) is 9.10 Å². The standard InChI is InChI=1S/C24H33FN2O4S/c1-7-31-20-12-14-21(15-13-20)32(29,30)27(19-10-8-18(25)9-11-19)16-22(28)26-24(5,6)17-23(2,3)4/h8-15H,7,16-17H2,1-6H3,(H,26,28). The number of ether oxygens (including phenoxy) is 1. The van der Waals surface area contributed by atoms with Crippen LogP contribution in [0.5, 0.6) is 5.75 Å². The lowest BCUT2D eigenvalue weighted by Crippen LogP contribution is -2.50. The largest absolute Gasteiger partial charge is 0.494 e. The highest BCUT2D eigenvalue weighted by Crippen LogP contribution is 2.28. The Morgan fingerprint density at radius 3 is 2.06 bits per heavy atom. The van der Waals surface area contributed by atoms with E-state index in [2.05, 4.69) is 26.1 Å². The first kappa shape index (κ1) is 25.6. The van der Waals surface area contributed by atoms with E-state index in [-0.39, 0.29) is 16.0 Å². The van der Waals surface area contributed by atoms with Gasteiger partial charge in [-0.15, -0.1) is 0 Å². The van der Waals surface area contributed by atoms with Crippen LogP contribution >= 0.6 is 0 Å². The Balaban J connectivity index is 2.36. The highest BCUT2D eigenvalue weighted by molar-refractivity contribution is 7.92.